The van der Waals surface area contributed by atoms with E-state index >= 15 is 0 Å². The summed E-state index contributed by atoms with van der Waals surface area (Å²) in [5.41, 5.74) is 0.969. The molecule has 2 heterocycles. The number of ether oxygens (including phenoxy) is 1. The van der Waals surface area contributed by atoms with Gasteiger partial charge in [-0.15, -0.1) is 0 Å². The van der Waals surface area contributed by atoms with E-state index in [4.69, 9.17) is 4.74 Å². The summed E-state index contributed by atoms with van der Waals surface area (Å²) in [6.07, 6.45) is 3.90. The zero-order valence-electron chi connectivity index (χ0n) is 11.2. The van der Waals surface area contributed by atoms with Crippen LogP contribution in [0.1, 0.15) is 18.7 Å². The molecule has 0 aliphatic heterocycles. The molecule has 2 rings (SSSR count). The second-order valence-electron chi connectivity index (χ2n) is 4.42. The number of imidazole rings is 1. The molecule has 0 aliphatic rings. The van der Waals surface area contributed by atoms with Gasteiger partial charge in [-0.05, 0) is 13.8 Å². The van der Waals surface area contributed by atoms with Crippen molar-refractivity contribution < 1.29 is 4.74 Å². The standard InChI is InChI=1S/C12H19N5O/c1-9-7-17(10(2)8-18-4)12(13-9)14-11-5-6-16(3)15-11/h5-7,10H,8H2,1-4H3,(H,13,14,15). The molecule has 0 aliphatic carbocycles. The maximum absolute atomic E-state index is 5.18. The molecule has 6 heteroatoms. The molecule has 1 N–H and O–H groups in total. The summed E-state index contributed by atoms with van der Waals surface area (Å²) in [6, 6.07) is 2.14. The van der Waals surface area contributed by atoms with Gasteiger partial charge in [0.05, 0.1) is 18.3 Å². The topological polar surface area (TPSA) is 56.9 Å². The SMILES string of the molecule is COCC(C)n1cc(C)nc1Nc1ccn(C)n1. The average Bonchev–Trinajstić information content (AvgIpc) is 2.86. The lowest BCUT2D eigenvalue weighted by atomic mass is 10.3. The molecule has 0 fully saturated rings. The lowest BCUT2D eigenvalue weighted by Crippen LogP contribution is -2.13. The second-order valence-corrected chi connectivity index (χ2v) is 4.42. The molecule has 1 unspecified atom stereocenters. The summed E-state index contributed by atoms with van der Waals surface area (Å²) >= 11 is 0. The van der Waals surface area contributed by atoms with Gasteiger partial charge in [0.1, 0.15) is 0 Å². The van der Waals surface area contributed by atoms with Crippen LogP contribution >= 0.6 is 0 Å². The average molecular weight is 249 g/mol. The Morgan fingerprint density at radius 2 is 2.28 bits per heavy atom. The molecular formula is C12H19N5O. The molecule has 1 atom stereocenters. The number of methoxy groups -OCH3 is 1. The fraction of sp³-hybridized carbons (Fsp3) is 0.500. The van der Waals surface area contributed by atoms with Gasteiger partial charge in [0.25, 0.3) is 0 Å². The van der Waals surface area contributed by atoms with Gasteiger partial charge in [0.15, 0.2) is 5.82 Å². The van der Waals surface area contributed by atoms with E-state index in [1.54, 1.807) is 11.8 Å². The van der Waals surface area contributed by atoms with E-state index in [2.05, 4.69) is 26.9 Å². The van der Waals surface area contributed by atoms with Crippen LogP contribution < -0.4 is 5.32 Å². The molecule has 18 heavy (non-hydrogen) atoms. The van der Waals surface area contributed by atoms with Crippen molar-refractivity contribution >= 4 is 11.8 Å². The van der Waals surface area contributed by atoms with Crippen LogP contribution in [0.15, 0.2) is 18.5 Å². The number of aryl methyl sites for hydroxylation is 2. The molecule has 98 valence electrons. The number of nitrogens with one attached hydrogen (secondary N) is 1. The van der Waals surface area contributed by atoms with Gasteiger partial charge in [0.2, 0.25) is 5.95 Å². The normalized spacial score (nSPS) is 12.7. The van der Waals surface area contributed by atoms with Gasteiger partial charge in [-0.25, -0.2) is 4.98 Å². The lowest BCUT2D eigenvalue weighted by molar-refractivity contribution is 0.163. The Kier molecular flexibility index (Phi) is 3.66. The minimum Gasteiger partial charge on any atom is -0.383 e. The smallest absolute Gasteiger partial charge is 0.209 e. The van der Waals surface area contributed by atoms with Crippen molar-refractivity contribution in [1.29, 1.82) is 0 Å². The third kappa shape index (κ3) is 2.70. The predicted molar refractivity (Wildman–Crippen MR) is 70.0 cm³/mol. The van der Waals surface area contributed by atoms with Crippen LogP contribution in [-0.4, -0.2) is 33.0 Å². The highest BCUT2D eigenvalue weighted by molar-refractivity contribution is 5.48. The fourth-order valence-electron chi connectivity index (χ4n) is 1.86. The van der Waals surface area contributed by atoms with Crippen molar-refractivity contribution in [1.82, 2.24) is 19.3 Å². The Balaban J connectivity index is 2.21. The molecule has 6 nitrogen and oxygen atoms in total. The molecule has 2 aromatic rings. The largest absolute Gasteiger partial charge is 0.383 e. The zero-order valence-corrected chi connectivity index (χ0v) is 11.2. The Labute approximate surface area is 107 Å². The van der Waals surface area contributed by atoms with Gasteiger partial charge in [-0.1, -0.05) is 0 Å². The second kappa shape index (κ2) is 5.22. The predicted octanol–water partition coefficient (Wildman–Crippen LogP) is 1.88. The third-order valence-electron chi connectivity index (χ3n) is 2.69. The number of hydrogen-bond acceptors (Lipinski definition) is 4. The number of anilines is 2. The minimum absolute atomic E-state index is 0.224. The summed E-state index contributed by atoms with van der Waals surface area (Å²) in [5.74, 6) is 1.57. The molecular weight excluding hydrogens is 230 g/mol. The first-order valence-electron chi connectivity index (χ1n) is 5.91. The van der Waals surface area contributed by atoms with E-state index in [1.807, 2.05) is 32.4 Å². The van der Waals surface area contributed by atoms with Crippen molar-refractivity contribution in [2.75, 3.05) is 19.0 Å². The number of aromatic nitrogens is 4. The quantitative estimate of drug-likeness (QED) is 0.879. The Hall–Kier alpha value is -1.82. The number of rotatable bonds is 5. The monoisotopic (exact) mass is 249 g/mol. The van der Waals surface area contributed by atoms with Gasteiger partial charge < -0.3 is 14.6 Å². The van der Waals surface area contributed by atoms with Crippen LogP contribution in [0.4, 0.5) is 11.8 Å². The zero-order chi connectivity index (χ0) is 13.1. The highest BCUT2D eigenvalue weighted by Crippen LogP contribution is 2.19. The first kappa shape index (κ1) is 12.6. The van der Waals surface area contributed by atoms with Crippen molar-refractivity contribution in [3.8, 4) is 0 Å². The van der Waals surface area contributed by atoms with E-state index in [1.165, 1.54) is 0 Å². The van der Waals surface area contributed by atoms with E-state index in [0.717, 1.165) is 17.5 Å². The Morgan fingerprint density at radius 1 is 1.50 bits per heavy atom. The summed E-state index contributed by atoms with van der Waals surface area (Å²) in [5, 5.41) is 7.50. The molecule has 0 aromatic carbocycles. The highest BCUT2D eigenvalue weighted by atomic mass is 16.5. The summed E-state index contributed by atoms with van der Waals surface area (Å²) < 4.78 is 8.99. The lowest BCUT2D eigenvalue weighted by Gasteiger charge is -2.15. The van der Waals surface area contributed by atoms with E-state index in [-0.39, 0.29) is 6.04 Å². The van der Waals surface area contributed by atoms with Crippen LogP contribution in [0.5, 0.6) is 0 Å². The molecule has 0 bridgehead atoms. The van der Waals surface area contributed by atoms with Gasteiger partial charge >= 0.3 is 0 Å². The molecule has 0 saturated carbocycles. The van der Waals surface area contributed by atoms with E-state index < -0.39 is 0 Å². The van der Waals surface area contributed by atoms with Crippen molar-refractivity contribution in [2.24, 2.45) is 7.05 Å². The van der Waals surface area contributed by atoms with Gasteiger partial charge in [0, 0.05) is 32.6 Å². The highest BCUT2D eigenvalue weighted by Gasteiger charge is 2.12. The maximum Gasteiger partial charge on any atom is 0.209 e. The molecule has 2 aromatic heterocycles. The molecule has 0 amide bonds. The first-order chi connectivity index (χ1) is 8.60. The summed E-state index contributed by atoms with van der Waals surface area (Å²) in [4.78, 5) is 4.47. The van der Waals surface area contributed by atoms with E-state index in [0.29, 0.717) is 6.61 Å². The van der Waals surface area contributed by atoms with Crippen molar-refractivity contribution in [3.63, 3.8) is 0 Å². The molecule has 0 radical (unpaired) electrons. The molecule has 0 saturated heterocycles. The van der Waals surface area contributed by atoms with Crippen molar-refractivity contribution in [3.05, 3.63) is 24.2 Å². The Bertz CT molecular complexity index is 516. The number of hydrogen-bond donors (Lipinski definition) is 1. The first-order valence-corrected chi connectivity index (χ1v) is 5.91. The van der Waals surface area contributed by atoms with Crippen LogP contribution in [0.2, 0.25) is 0 Å². The van der Waals surface area contributed by atoms with Crippen LogP contribution in [-0.2, 0) is 11.8 Å². The van der Waals surface area contributed by atoms with Crippen LogP contribution in [0, 0.1) is 6.92 Å². The van der Waals surface area contributed by atoms with E-state index in [9.17, 15) is 0 Å². The van der Waals surface area contributed by atoms with Gasteiger partial charge in [-0.3, -0.25) is 4.68 Å². The minimum atomic E-state index is 0.224. The van der Waals surface area contributed by atoms with Crippen molar-refractivity contribution in [2.45, 2.75) is 19.9 Å². The Morgan fingerprint density at radius 3 is 2.89 bits per heavy atom. The fourth-order valence-corrected chi connectivity index (χ4v) is 1.86. The maximum atomic E-state index is 5.18. The third-order valence-corrected chi connectivity index (χ3v) is 2.69. The number of nitrogens with zero attached hydrogens (tertiary/aromatic N) is 4. The summed E-state index contributed by atoms with van der Waals surface area (Å²) in [7, 11) is 3.59. The van der Waals surface area contributed by atoms with Gasteiger partial charge in [-0.2, -0.15) is 5.10 Å². The van der Waals surface area contributed by atoms with Crippen LogP contribution in [0.25, 0.3) is 0 Å². The molecule has 0 spiro atoms. The summed E-state index contributed by atoms with van der Waals surface area (Å²) in [6.45, 7) is 4.71. The van der Waals surface area contributed by atoms with Crippen LogP contribution in [0.3, 0.4) is 0 Å².